The maximum absolute atomic E-state index is 4.47. The van der Waals surface area contributed by atoms with Gasteiger partial charge in [0.15, 0.2) is 0 Å². The lowest BCUT2D eigenvalue weighted by Gasteiger charge is -2.41. The van der Waals surface area contributed by atoms with Gasteiger partial charge in [0.1, 0.15) is 0 Å². The van der Waals surface area contributed by atoms with Crippen LogP contribution < -0.4 is 5.32 Å². The molecule has 1 fully saturated rings. The van der Waals surface area contributed by atoms with Crippen molar-refractivity contribution in [2.45, 2.75) is 51.7 Å². The summed E-state index contributed by atoms with van der Waals surface area (Å²) < 4.78 is 0. The standard InChI is InChI=1S/C16H27N3/c1-4-19(12-14-7-5-6-10-18-14)16-11-13(2)8-9-15(16)17-3/h5-7,10,13,15-17H,4,8-9,11-12H2,1-3H3. The zero-order valence-corrected chi connectivity index (χ0v) is 12.5. The Morgan fingerprint density at radius 3 is 2.84 bits per heavy atom. The van der Waals surface area contributed by atoms with E-state index >= 15 is 0 Å². The van der Waals surface area contributed by atoms with Gasteiger partial charge in [-0.2, -0.15) is 0 Å². The summed E-state index contributed by atoms with van der Waals surface area (Å²) in [6.45, 7) is 6.70. The van der Waals surface area contributed by atoms with Gasteiger partial charge in [0.2, 0.25) is 0 Å². The maximum Gasteiger partial charge on any atom is 0.0544 e. The number of nitrogens with zero attached hydrogens (tertiary/aromatic N) is 2. The third-order valence-corrected chi connectivity index (χ3v) is 4.42. The quantitative estimate of drug-likeness (QED) is 0.883. The number of hydrogen-bond donors (Lipinski definition) is 1. The summed E-state index contributed by atoms with van der Waals surface area (Å²) in [5.41, 5.74) is 1.18. The van der Waals surface area contributed by atoms with Gasteiger partial charge >= 0.3 is 0 Å². The monoisotopic (exact) mass is 261 g/mol. The first-order valence-corrected chi connectivity index (χ1v) is 7.55. The summed E-state index contributed by atoms with van der Waals surface area (Å²) in [4.78, 5) is 7.05. The average molecular weight is 261 g/mol. The van der Waals surface area contributed by atoms with Crippen LogP contribution in [0.1, 0.15) is 38.8 Å². The Balaban J connectivity index is 2.06. The van der Waals surface area contributed by atoms with Crippen molar-refractivity contribution in [3.63, 3.8) is 0 Å². The number of rotatable bonds is 5. The molecular weight excluding hydrogens is 234 g/mol. The van der Waals surface area contributed by atoms with Crippen LogP contribution in [-0.2, 0) is 6.54 Å². The highest BCUT2D eigenvalue weighted by atomic mass is 15.2. The molecule has 3 unspecified atom stereocenters. The van der Waals surface area contributed by atoms with Crippen LogP contribution in [0.5, 0.6) is 0 Å². The van der Waals surface area contributed by atoms with Gasteiger partial charge in [-0.25, -0.2) is 0 Å². The molecule has 1 aromatic rings. The summed E-state index contributed by atoms with van der Waals surface area (Å²) in [7, 11) is 2.10. The fraction of sp³-hybridized carbons (Fsp3) is 0.688. The molecule has 1 heterocycles. The molecule has 1 N–H and O–H groups in total. The van der Waals surface area contributed by atoms with Crippen LogP contribution in [0, 0.1) is 5.92 Å². The molecule has 0 saturated heterocycles. The minimum atomic E-state index is 0.625. The molecule has 3 heteroatoms. The van der Waals surface area contributed by atoms with Crippen LogP contribution in [0.2, 0.25) is 0 Å². The second-order valence-electron chi connectivity index (χ2n) is 5.76. The third kappa shape index (κ3) is 3.77. The Kier molecular flexibility index (Phi) is 5.34. The van der Waals surface area contributed by atoms with Crippen molar-refractivity contribution >= 4 is 0 Å². The van der Waals surface area contributed by atoms with E-state index in [1.165, 1.54) is 25.0 Å². The average Bonchev–Trinajstić information content (AvgIpc) is 2.46. The van der Waals surface area contributed by atoms with Gasteiger partial charge in [0, 0.05) is 24.8 Å². The zero-order valence-electron chi connectivity index (χ0n) is 12.5. The minimum Gasteiger partial charge on any atom is -0.315 e. The third-order valence-electron chi connectivity index (χ3n) is 4.42. The minimum absolute atomic E-state index is 0.625. The molecular formula is C16H27N3. The van der Waals surface area contributed by atoms with Crippen molar-refractivity contribution in [1.29, 1.82) is 0 Å². The molecule has 1 saturated carbocycles. The molecule has 0 radical (unpaired) electrons. The number of hydrogen-bond acceptors (Lipinski definition) is 3. The Hall–Kier alpha value is -0.930. The predicted molar refractivity (Wildman–Crippen MR) is 80.0 cm³/mol. The molecule has 0 aromatic carbocycles. The van der Waals surface area contributed by atoms with Crippen molar-refractivity contribution in [3.8, 4) is 0 Å². The van der Waals surface area contributed by atoms with Gasteiger partial charge in [-0.15, -0.1) is 0 Å². The van der Waals surface area contributed by atoms with Crippen molar-refractivity contribution in [2.24, 2.45) is 5.92 Å². The van der Waals surface area contributed by atoms with E-state index in [1.807, 2.05) is 12.3 Å². The van der Waals surface area contributed by atoms with Gasteiger partial charge < -0.3 is 5.32 Å². The van der Waals surface area contributed by atoms with E-state index < -0.39 is 0 Å². The van der Waals surface area contributed by atoms with Crippen molar-refractivity contribution in [2.75, 3.05) is 13.6 Å². The lowest BCUT2D eigenvalue weighted by molar-refractivity contribution is 0.101. The van der Waals surface area contributed by atoms with Crippen molar-refractivity contribution < 1.29 is 0 Å². The second-order valence-corrected chi connectivity index (χ2v) is 5.76. The number of aromatic nitrogens is 1. The van der Waals surface area contributed by atoms with E-state index in [9.17, 15) is 0 Å². The van der Waals surface area contributed by atoms with E-state index in [0.29, 0.717) is 12.1 Å². The SMILES string of the molecule is CCN(Cc1ccccn1)C1CC(C)CCC1NC. The van der Waals surface area contributed by atoms with Crippen LogP contribution >= 0.6 is 0 Å². The Bertz CT molecular complexity index is 366. The fourth-order valence-electron chi connectivity index (χ4n) is 3.25. The van der Waals surface area contributed by atoms with Crippen molar-refractivity contribution in [3.05, 3.63) is 30.1 Å². The fourth-order valence-corrected chi connectivity index (χ4v) is 3.25. The molecule has 1 aliphatic carbocycles. The predicted octanol–water partition coefficient (Wildman–Crippen LogP) is 2.68. The molecule has 0 amide bonds. The summed E-state index contributed by atoms with van der Waals surface area (Å²) in [6.07, 6.45) is 5.83. The summed E-state index contributed by atoms with van der Waals surface area (Å²) in [5.74, 6) is 0.840. The van der Waals surface area contributed by atoms with E-state index in [0.717, 1.165) is 19.0 Å². The molecule has 106 valence electrons. The first-order valence-electron chi connectivity index (χ1n) is 7.55. The molecule has 1 aromatic heterocycles. The van der Waals surface area contributed by atoms with Gasteiger partial charge in [-0.3, -0.25) is 9.88 Å². The zero-order chi connectivity index (χ0) is 13.7. The van der Waals surface area contributed by atoms with Crippen LogP contribution in [0.3, 0.4) is 0 Å². The second kappa shape index (κ2) is 7.01. The topological polar surface area (TPSA) is 28.2 Å². The van der Waals surface area contributed by atoms with E-state index in [2.05, 4.69) is 48.2 Å². The molecule has 1 aliphatic rings. The van der Waals surface area contributed by atoms with Gasteiger partial charge in [-0.1, -0.05) is 19.9 Å². The lowest BCUT2D eigenvalue weighted by Crippen LogP contribution is -2.51. The molecule has 0 aliphatic heterocycles. The van der Waals surface area contributed by atoms with E-state index in [4.69, 9.17) is 0 Å². The van der Waals surface area contributed by atoms with E-state index in [1.54, 1.807) is 0 Å². The number of likely N-dealkylation sites (N-methyl/N-ethyl adjacent to an activating group) is 2. The Morgan fingerprint density at radius 2 is 2.21 bits per heavy atom. The summed E-state index contributed by atoms with van der Waals surface area (Å²) >= 11 is 0. The summed E-state index contributed by atoms with van der Waals surface area (Å²) in [6, 6.07) is 7.46. The van der Waals surface area contributed by atoms with Gasteiger partial charge in [0.25, 0.3) is 0 Å². The highest BCUT2D eigenvalue weighted by Crippen LogP contribution is 2.28. The molecule has 19 heavy (non-hydrogen) atoms. The van der Waals surface area contributed by atoms with Crippen LogP contribution in [-0.4, -0.2) is 35.6 Å². The number of pyridine rings is 1. The highest BCUT2D eigenvalue weighted by molar-refractivity contribution is 5.04. The molecule has 0 bridgehead atoms. The normalized spacial score (nSPS) is 27.7. The molecule has 2 rings (SSSR count). The molecule has 0 spiro atoms. The molecule has 3 atom stereocenters. The maximum atomic E-state index is 4.47. The summed E-state index contributed by atoms with van der Waals surface area (Å²) in [5, 5.41) is 3.51. The number of nitrogens with one attached hydrogen (secondary N) is 1. The first-order chi connectivity index (χ1) is 9.24. The Morgan fingerprint density at radius 1 is 1.37 bits per heavy atom. The van der Waals surface area contributed by atoms with Crippen LogP contribution in [0.25, 0.3) is 0 Å². The first kappa shape index (κ1) is 14.5. The smallest absolute Gasteiger partial charge is 0.0544 e. The van der Waals surface area contributed by atoms with Gasteiger partial charge in [0.05, 0.1) is 5.69 Å². The largest absolute Gasteiger partial charge is 0.315 e. The van der Waals surface area contributed by atoms with Gasteiger partial charge in [-0.05, 0) is 50.9 Å². The van der Waals surface area contributed by atoms with Crippen LogP contribution in [0.15, 0.2) is 24.4 Å². The Labute approximate surface area is 117 Å². The van der Waals surface area contributed by atoms with Crippen LogP contribution in [0.4, 0.5) is 0 Å². The molecule has 3 nitrogen and oxygen atoms in total. The highest BCUT2D eigenvalue weighted by Gasteiger charge is 2.31. The lowest BCUT2D eigenvalue weighted by atomic mass is 9.82. The van der Waals surface area contributed by atoms with Crippen molar-refractivity contribution in [1.82, 2.24) is 15.2 Å². The van der Waals surface area contributed by atoms with E-state index in [-0.39, 0.29) is 0 Å².